The van der Waals surface area contributed by atoms with Crippen molar-refractivity contribution in [1.82, 2.24) is 5.32 Å². The van der Waals surface area contributed by atoms with Crippen LogP contribution >= 0.6 is 11.6 Å². The molecular formula is C16H24ClNO. The number of unbranched alkanes of at least 4 members (excludes halogenated alkanes) is 1. The van der Waals surface area contributed by atoms with E-state index < -0.39 is 0 Å². The summed E-state index contributed by atoms with van der Waals surface area (Å²) in [4.78, 5) is 11.9. The van der Waals surface area contributed by atoms with Gasteiger partial charge in [0, 0.05) is 12.3 Å². The normalized spacial score (nSPS) is 12.4. The summed E-state index contributed by atoms with van der Waals surface area (Å²) >= 11 is 5.62. The second-order valence-electron chi connectivity index (χ2n) is 5.31. The van der Waals surface area contributed by atoms with Gasteiger partial charge in [0.05, 0.1) is 6.04 Å². The van der Waals surface area contributed by atoms with Gasteiger partial charge in [0.25, 0.3) is 0 Å². The summed E-state index contributed by atoms with van der Waals surface area (Å²) in [5.74, 6) is 1.30. The number of hydrogen-bond acceptors (Lipinski definition) is 1. The van der Waals surface area contributed by atoms with Crippen LogP contribution in [0.1, 0.15) is 51.1 Å². The Balaban J connectivity index is 2.57. The van der Waals surface area contributed by atoms with E-state index in [-0.39, 0.29) is 11.9 Å². The molecule has 1 rings (SSSR count). The van der Waals surface area contributed by atoms with Gasteiger partial charge >= 0.3 is 0 Å². The van der Waals surface area contributed by atoms with Crippen LogP contribution in [0, 0.1) is 5.92 Å². The summed E-state index contributed by atoms with van der Waals surface area (Å²) in [5, 5.41) is 3.14. The van der Waals surface area contributed by atoms with Crippen LogP contribution in [0.5, 0.6) is 0 Å². The maximum Gasteiger partial charge on any atom is 0.220 e. The number of halogens is 1. The zero-order valence-electron chi connectivity index (χ0n) is 11.9. The SMILES string of the molecule is CC(C)CC(NC(=O)CCCCCl)c1ccccc1. The molecule has 0 aliphatic rings. The fourth-order valence-electron chi connectivity index (χ4n) is 2.08. The lowest BCUT2D eigenvalue weighted by molar-refractivity contribution is -0.122. The van der Waals surface area contributed by atoms with Crippen molar-refractivity contribution in [2.75, 3.05) is 5.88 Å². The number of benzene rings is 1. The highest BCUT2D eigenvalue weighted by atomic mass is 35.5. The van der Waals surface area contributed by atoms with Gasteiger partial charge in [-0.3, -0.25) is 4.79 Å². The van der Waals surface area contributed by atoms with Crippen LogP contribution in [-0.2, 0) is 4.79 Å². The van der Waals surface area contributed by atoms with E-state index in [1.165, 1.54) is 5.56 Å². The number of rotatable bonds is 8. The van der Waals surface area contributed by atoms with Crippen molar-refractivity contribution in [2.24, 2.45) is 5.92 Å². The Bertz CT molecular complexity index is 364. The second-order valence-corrected chi connectivity index (χ2v) is 5.68. The number of carbonyl (C=O) groups excluding carboxylic acids is 1. The average molecular weight is 282 g/mol. The first-order chi connectivity index (χ1) is 9.13. The number of amides is 1. The number of carbonyl (C=O) groups is 1. The van der Waals surface area contributed by atoms with Crippen molar-refractivity contribution in [3.63, 3.8) is 0 Å². The topological polar surface area (TPSA) is 29.1 Å². The zero-order chi connectivity index (χ0) is 14.1. The first-order valence-electron chi connectivity index (χ1n) is 7.03. The van der Waals surface area contributed by atoms with Crippen molar-refractivity contribution in [3.05, 3.63) is 35.9 Å². The minimum atomic E-state index is 0.115. The fourth-order valence-corrected chi connectivity index (χ4v) is 2.27. The molecule has 1 N–H and O–H groups in total. The van der Waals surface area contributed by atoms with Crippen LogP contribution in [0.25, 0.3) is 0 Å². The van der Waals surface area contributed by atoms with Gasteiger partial charge in [0.15, 0.2) is 0 Å². The van der Waals surface area contributed by atoms with E-state index in [0.29, 0.717) is 18.2 Å². The van der Waals surface area contributed by atoms with E-state index in [0.717, 1.165) is 19.3 Å². The quantitative estimate of drug-likeness (QED) is 0.559. The smallest absolute Gasteiger partial charge is 0.220 e. The summed E-state index contributed by atoms with van der Waals surface area (Å²) in [7, 11) is 0. The maximum atomic E-state index is 11.9. The number of nitrogens with one attached hydrogen (secondary N) is 1. The van der Waals surface area contributed by atoms with Crippen molar-refractivity contribution >= 4 is 17.5 Å². The van der Waals surface area contributed by atoms with E-state index >= 15 is 0 Å². The molecule has 2 nitrogen and oxygen atoms in total. The molecule has 0 aliphatic carbocycles. The highest BCUT2D eigenvalue weighted by Crippen LogP contribution is 2.21. The summed E-state index contributed by atoms with van der Waals surface area (Å²) in [6.07, 6.45) is 3.28. The number of alkyl halides is 1. The monoisotopic (exact) mass is 281 g/mol. The molecule has 0 spiro atoms. The largest absolute Gasteiger partial charge is 0.349 e. The molecule has 0 bridgehead atoms. The zero-order valence-corrected chi connectivity index (χ0v) is 12.6. The number of hydrogen-bond donors (Lipinski definition) is 1. The van der Waals surface area contributed by atoms with Crippen LogP contribution < -0.4 is 5.32 Å². The molecule has 1 unspecified atom stereocenters. The summed E-state index contributed by atoms with van der Waals surface area (Å²) < 4.78 is 0. The van der Waals surface area contributed by atoms with Gasteiger partial charge in [0.1, 0.15) is 0 Å². The Morgan fingerprint density at radius 2 is 1.89 bits per heavy atom. The Hall–Kier alpha value is -1.02. The molecule has 106 valence electrons. The van der Waals surface area contributed by atoms with Gasteiger partial charge < -0.3 is 5.32 Å². The molecular weight excluding hydrogens is 258 g/mol. The van der Waals surface area contributed by atoms with Crippen LogP contribution in [0.15, 0.2) is 30.3 Å². The average Bonchev–Trinajstić information content (AvgIpc) is 2.39. The van der Waals surface area contributed by atoms with Crippen molar-refractivity contribution < 1.29 is 4.79 Å². The molecule has 1 aromatic carbocycles. The first-order valence-corrected chi connectivity index (χ1v) is 7.57. The Kier molecular flexibility index (Phi) is 7.57. The molecule has 0 saturated heterocycles. The minimum Gasteiger partial charge on any atom is -0.349 e. The molecule has 0 aliphatic heterocycles. The molecule has 0 heterocycles. The van der Waals surface area contributed by atoms with E-state index in [1.807, 2.05) is 18.2 Å². The molecule has 1 atom stereocenters. The Morgan fingerprint density at radius 1 is 1.21 bits per heavy atom. The van der Waals surface area contributed by atoms with Gasteiger partial charge in [0.2, 0.25) is 5.91 Å². The predicted molar refractivity (Wildman–Crippen MR) is 81.4 cm³/mol. The van der Waals surface area contributed by atoms with Crippen LogP contribution in [-0.4, -0.2) is 11.8 Å². The maximum absolute atomic E-state index is 11.9. The lowest BCUT2D eigenvalue weighted by Gasteiger charge is -2.21. The fraction of sp³-hybridized carbons (Fsp3) is 0.562. The Labute approximate surface area is 121 Å². The third kappa shape index (κ3) is 6.63. The second kappa shape index (κ2) is 8.98. The highest BCUT2D eigenvalue weighted by molar-refractivity contribution is 6.17. The third-order valence-corrected chi connectivity index (χ3v) is 3.30. The third-order valence-electron chi connectivity index (χ3n) is 3.03. The molecule has 1 aromatic rings. The van der Waals surface area contributed by atoms with Crippen molar-refractivity contribution in [2.45, 2.75) is 45.6 Å². The molecule has 1 amide bonds. The minimum absolute atomic E-state index is 0.115. The van der Waals surface area contributed by atoms with Crippen molar-refractivity contribution in [1.29, 1.82) is 0 Å². The van der Waals surface area contributed by atoms with Gasteiger partial charge in [-0.25, -0.2) is 0 Å². The van der Waals surface area contributed by atoms with Gasteiger partial charge in [-0.1, -0.05) is 44.2 Å². The van der Waals surface area contributed by atoms with E-state index in [2.05, 4.69) is 31.3 Å². The highest BCUT2D eigenvalue weighted by Gasteiger charge is 2.15. The van der Waals surface area contributed by atoms with Gasteiger partial charge in [-0.15, -0.1) is 11.6 Å². The standard InChI is InChI=1S/C16H24ClNO/c1-13(2)12-15(14-8-4-3-5-9-14)18-16(19)10-6-7-11-17/h3-5,8-9,13,15H,6-7,10-12H2,1-2H3,(H,18,19). The first kappa shape index (κ1) is 16.0. The van der Waals surface area contributed by atoms with E-state index in [9.17, 15) is 4.79 Å². The summed E-state index contributed by atoms with van der Waals surface area (Å²) in [6, 6.07) is 10.3. The molecule has 0 fully saturated rings. The molecule has 0 aromatic heterocycles. The van der Waals surface area contributed by atoms with Crippen LogP contribution in [0.4, 0.5) is 0 Å². The van der Waals surface area contributed by atoms with E-state index in [1.54, 1.807) is 0 Å². The summed E-state index contributed by atoms with van der Waals surface area (Å²) in [5.41, 5.74) is 1.18. The lowest BCUT2D eigenvalue weighted by Crippen LogP contribution is -2.29. The van der Waals surface area contributed by atoms with Crippen molar-refractivity contribution in [3.8, 4) is 0 Å². The van der Waals surface area contributed by atoms with Crippen LogP contribution in [0.3, 0.4) is 0 Å². The van der Waals surface area contributed by atoms with Gasteiger partial charge in [-0.2, -0.15) is 0 Å². The molecule has 19 heavy (non-hydrogen) atoms. The van der Waals surface area contributed by atoms with E-state index in [4.69, 9.17) is 11.6 Å². The Morgan fingerprint density at radius 3 is 2.47 bits per heavy atom. The predicted octanol–water partition coefficient (Wildman–Crippen LogP) is 4.30. The van der Waals surface area contributed by atoms with Crippen LogP contribution in [0.2, 0.25) is 0 Å². The summed E-state index contributed by atoms with van der Waals surface area (Å²) in [6.45, 7) is 4.35. The lowest BCUT2D eigenvalue weighted by atomic mass is 9.97. The molecule has 3 heteroatoms. The molecule has 0 radical (unpaired) electrons. The van der Waals surface area contributed by atoms with Gasteiger partial charge in [-0.05, 0) is 30.7 Å². The molecule has 0 saturated carbocycles.